The van der Waals surface area contributed by atoms with Gasteiger partial charge in [0.2, 0.25) is 11.8 Å². The number of hydrogen-bond acceptors (Lipinski definition) is 4. The zero-order valence-corrected chi connectivity index (χ0v) is 11.6. The minimum atomic E-state index is 0.561. The third kappa shape index (κ3) is 3.59. The molecule has 0 amide bonds. The highest BCUT2D eigenvalue weighted by Crippen LogP contribution is 2.36. The van der Waals surface area contributed by atoms with Crippen LogP contribution in [0.4, 0.5) is 5.95 Å². The number of anilines is 1. The van der Waals surface area contributed by atoms with Crippen molar-refractivity contribution in [2.45, 2.75) is 52.5 Å². The number of aromatic nitrogens is 2. The highest BCUT2D eigenvalue weighted by atomic mass is 16.5. The van der Waals surface area contributed by atoms with Gasteiger partial charge in [-0.05, 0) is 32.1 Å². The van der Waals surface area contributed by atoms with Crippen LogP contribution in [0.2, 0.25) is 0 Å². The molecule has 2 rings (SSSR count). The van der Waals surface area contributed by atoms with Crippen LogP contribution in [0.5, 0.6) is 5.88 Å². The summed E-state index contributed by atoms with van der Waals surface area (Å²) in [7, 11) is 0. The van der Waals surface area contributed by atoms with Crippen molar-refractivity contribution < 1.29 is 4.74 Å². The first-order valence-corrected chi connectivity index (χ1v) is 6.98. The van der Waals surface area contributed by atoms with Crippen LogP contribution in [-0.4, -0.2) is 22.6 Å². The fourth-order valence-corrected chi connectivity index (χ4v) is 2.16. The molecule has 0 radical (unpaired) electrons. The molecule has 1 aromatic heterocycles. The smallest absolute Gasteiger partial charge is 0.226 e. The van der Waals surface area contributed by atoms with Crippen molar-refractivity contribution >= 4 is 5.95 Å². The van der Waals surface area contributed by atoms with Crippen LogP contribution in [0.15, 0.2) is 6.07 Å². The molecule has 1 N–H and O–H groups in total. The largest absolute Gasteiger partial charge is 0.478 e. The Morgan fingerprint density at radius 1 is 1.33 bits per heavy atom. The average Bonchev–Trinajstić information content (AvgIpc) is 3.04. The molecule has 100 valence electrons. The summed E-state index contributed by atoms with van der Waals surface area (Å²) in [5.41, 5.74) is 0.950. The second kappa shape index (κ2) is 6.03. The zero-order valence-electron chi connectivity index (χ0n) is 11.6. The van der Waals surface area contributed by atoms with Gasteiger partial charge in [-0.3, -0.25) is 0 Å². The minimum Gasteiger partial charge on any atom is -0.478 e. The van der Waals surface area contributed by atoms with Crippen LogP contribution in [-0.2, 0) is 0 Å². The van der Waals surface area contributed by atoms with Gasteiger partial charge in [0.15, 0.2) is 0 Å². The summed E-state index contributed by atoms with van der Waals surface area (Å²) in [6.07, 6.45) is 4.79. The molecule has 1 aromatic rings. The molecule has 0 spiro atoms. The van der Waals surface area contributed by atoms with Crippen LogP contribution < -0.4 is 10.1 Å². The standard InChI is InChI=1S/C14H23N3O/c1-4-6-11-9-12(11)16-14-15-10(3)8-13(17-14)18-7-5-2/h8,11-12H,4-7,9H2,1-3H3,(H,15,16,17). The normalized spacial score (nSPS) is 21.7. The number of nitrogens with one attached hydrogen (secondary N) is 1. The quantitative estimate of drug-likeness (QED) is 0.806. The molecule has 1 fully saturated rings. The molecule has 1 heterocycles. The van der Waals surface area contributed by atoms with E-state index in [1.807, 2.05) is 13.0 Å². The van der Waals surface area contributed by atoms with Crippen LogP contribution in [0, 0.1) is 12.8 Å². The molecule has 1 aliphatic carbocycles. The van der Waals surface area contributed by atoms with Crippen molar-refractivity contribution in [3.05, 3.63) is 11.8 Å². The van der Waals surface area contributed by atoms with E-state index < -0.39 is 0 Å². The fraction of sp³-hybridized carbons (Fsp3) is 0.714. The minimum absolute atomic E-state index is 0.561. The van der Waals surface area contributed by atoms with Crippen molar-refractivity contribution in [2.75, 3.05) is 11.9 Å². The van der Waals surface area contributed by atoms with E-state index in [9.17, 15) is 0 Å². The van der Waals surface area contributed by atoms with Crippen molar-refractivity contribution in [1.29, 1.82) is 0 Å². The van der Waals surface area contributed by atoms with Crippen LogP contribution >= 0.6 is 0 Å². The Hall–Kier alpha value is -1.32. The molecule has 4 nitrogen and oxygen atoms in total. The highest BCUT2D eigenvalue weighted by molar-refractivity contribution is 5.33. The predicted octanol–water partition coefficient (Wildman–Crippen LogP) is 3.17. The van der Waals surface area contributed by atoms with E-state index in [4.69, 9.17) is 4.74 Å². The average molecular weight is 249 g/mol. The SMILES string of the molecule is CCCOc1cc(C)nc(NC2CC2CCC)n1. The summed E-state index contributed by atoms with van der Waals surface area (Å²) in [6.45, 7) is 7.00. The zero-order chi connectivity index (χ0) is 13.0. The van der Waals surface area contributed by atoms with E-state index >= 15 is 0 Å². The molecule has 2 atom stereocenters. The molecule has 1 aliphatic rings. The second-order valence-electron chi connectivity index (χ2n) is 5.05. The first kappa shape index (κ1) is 13.1. The Balaban J connectivity index is 1.93. The maximum absolute atomic E-state index is 5.56. The molecule has 0 bridgehead atoms. The molecular weight excluding hydrogens is 226 g/mol. The fourth-order valence-electron chi connectivity index (χ4n) is 2.16. The lowest BCUT2D eigenvalue weighted by atomic mass is 10.2. The Kier molecular flexibility index (Phi) is 4.39. The van der Waals surface area contributed by atoms with Gasteiger partial charge in [-0.15, -0.1) is 0 Å². The molecule has 4 heteroatoms. The van der Waals surface area contributed by atoms with Gasteiger partial charge < -0.3 is 10.1 Å². The van der Waals surface area contributed by atoms with Crippen molar-refractivity contribution in [1.82, 2.24) is 9.97 Å². The van der Waals surface area contributed by atoms with Gasteiger partial charge >= 0.3 is 0 Å². The van der Waals surface area contributed by atoms with Crippen LogP contribution in [0.3, 0.4) is 0 Å². The molecule has 18 heavy (non-hydrogen) atoms. The van der Waals surface area contributed by atoms with Gasteiger partial charge in [0.05, 0.1) is 6.61 Å². The summed E-state index contributed by atoms with van der Waals surface area (Å²) in [5.74, 6) is 2.20. The van der Waals surface area contributed by atoms with E-state index in [1.54, 1.807) is 0 Å². The number of ether oxygens (including phenoxy) is 1. The lowest BCUT2D eigenvalue weighted by Gasteiger charge is -2.08. The van der Waals surface area contributed by atoms with Gasteiger partial charge in [0, 0.05) is 17.8 Å². The Morgan fingerprint density at radius 3 is 2.89 bits per heavy atom. The predicted molar refractivity (Wildman–Crippen MR) is 73.0 cm³/mol. The summed E-state index contributed by atoms with van der Waals surface area (Å²) in [4.78, 5) is 8.82. The van der Waals surface area contributed by atoms with Gasteiger partial charge in [0.25, 0.3) is 0 Å². The summed E-state index contributed by atoms with van der Waals surface area (Å²) >= 11 is 0. The number of hydrogen-bond donors (Lipinski definition) is 1. The molecule has 0 saturated heterocycles. The maximum atomic E-state index is 5.56. The van der Waals surface area contributed by atoms with Gasteiger partial charge in [-0.2, -0.15) is 4.98 Å². The Morgan fingerprint density at radius 2 is 2.17 bits per heavy atom. The molecule has 1 saturated carbocycles. The van der Waals surface area contributed by atoms with Crippen molar-refractivity contribution in [2.24, 2.45) is 5.92 Å². The van der Waals surface area contributed by atoms with Crippen molar-refractivity contribution in [3.63, 3.8) is 0 Å². The van der Waals surface area contributed by atoms with Crippen molar-refractivity contribution in [3.8, 4) is 5.88 Å². The van der Waals surface area contributed by atoms with E-state index in [2.05, 4.69) is 29.1 Å². The van der Waals surface area contributed by atoms with E-state index in [1.165, 1.54) is 19.3 Å². The summed E-state index contributed by atoms with van der Waals surface area (Å²) in [5, 5.41) is 3.41. The molecule has 2 unspecified atom stereocenters. The summed E-state index contributed by atoms with van der Waals surface area (Å²) < 4.78 is 5.56. The van der Waals surface area contributed by atoms with Gasteiger partial charge in [-0.1, -0.05) is 20.3 Å². The molecule has 0 aromatic carbocycles. The van der Waals surface area contributed by atoms with E-state index in [-0.39, 0.29) is 0 Å². The number of nitrogens with zero attached hydrogens (tertiary/aromatic N) is 2. The third-order valence-electron chi connectivity index (χ3n) is 3.18. The monoisotopic (exact) mass is 249 g/mol. The van der Waals surface area contributed by atoms with Crippen LogP contribution in [0.1, 0.15) is 45.2 Å². The lowest BCUT2D eigenvalue weighted by molar-refractivity contribution is 0.305. The van der Waals surface area contributed by atoms with E-state index in [0.717, 1.165) is 18.0 Å². The first-order chi connectivity index (χ1) is 8.72. The maximum Gasteiger partial charge on any atom is 0.226 e. The van der Waals surface area contributed by atoms with Gasteiger partial charge in [-0.25, -0.2) is 4.98 Å². The number of rotatable bonds is 7. The first-order valence-electron chi connectivity index (χ1n) is 6.98. The second-order valence-corrected chi connectivity index (χ2v) is 5.05. The highest BCUT2D eigenvalue weighted by Gasteiger charge is 2.36. The lowest BCUT2D eigenvalue weighted by Crippen LogP contribution is -2.10. The molecular formula is C14H23N3O. The van der Waals surface area contributed by atoms with Gasteiger partial charge in [0.1, 0.15) is 0 Å². The Bertz CT molecular complexity index is 395. The Labute approximate surface area is 109 Å². The molecule has 0 aliphatic heterocycles. The number of aryl methyl sites for hydroxylation is 1. The van der Waals surface area contributed by atoms with Crippen LogP contribution in [0.25, 0.3) is 0 Å². The topological polar surface area (TPSA) is 47.0 Å². The van der Waals surface area contributed by atoms with E-state index in [0.29, 0.717) is 24.5 Å². The third-order valence-corrected chi connectivity index (χ3v) is 3.18. The summed E-state index contributed by atoms with van der Waals surface area (Å²) in [6, 6.07) is 2.45.